The first-order valence-electron chi connectivity index (χ1n) is 5.86. The molecule has 3 heteroatoms. The van der Waals surface area contributed by atoms with Crippen LogP contribution in [0.15, 0.2) is 18.2 Å². The largest absolute Gasteiger partial charge is 0.398 e. The van der Waals surface area contributed by atoms with Gasteiger partial charge in [0.2, 0.25) is 5.91 Å². The van der Waals surface area contributed by atoms with Gasteiger partial charge in [0.05, 0.1) is 0 Å². The van der Waals surface area contributed by atoms with Crippen molar-refractivity contribution >= 4 is 11.6 Å². The van der Waals surface area contributed by atoms with Crippen LogP contribution in [0.5, 0.6) is 0 Å². The van der Waals surface area contributed by atoms with E-state index < -0.39 is 0 Å². The molecule has 0 bridgehead atoms. The number of nitrogen functional groups attached to an aromatic ring is 1. The number of hydrogen-bond acceptors (Lipinski definition) is 2. The van der Waals surface area contributed by atoms with Crippen LogP contribution >= 0.6 is 0 Å². The fraction of sp³-hybridized carbons (Fsp3) is 0.462. The number of anilines is 1. The van der Waals surface area contributed by atoms with Crippen molar-refractivity contribution in [2.45, 2.75) is 32.7 Å². The molecule has 1 aromatic carbocycles. The molecule has 1 aliphatic rings. The third-order valence-corrected chi connectivity index (χ3v) is 3.13. The zero-order valence-electron chi connectivity index (χ0n) is 9.70. The van der Waals surface area contributed by atoms with Crippen molar-refractivity contribution in [2.24, 2.45) is 0 Å². The van der Waals surface area contributed by atoms with E-state index >= 15 is 0 Å². The van der Waals surface area contributed by atoms with Gasteiger partial charge >= 0.3 is 0 Å². The maximum Gasteiger partial charge on any atom is 0.222 e. The summed E-state index contributed by atoms with van der Waals surface area (Å²) in [6, 6.07) is 6.00. The van der Waals surface area contributed by atoms with E-state index in [2.05, 4.69) is 6.07 Å². The normalized spacial score (nSPS) is 14.7. The number of amides is 1. The highest BCUT2D eigenvalue weighted by Gasteiger charge is 2.21. The van der Waals surface area contributed by atoms with Crippen molar-refractivity contribution in [3.8, 4) is 0 Å². The molecule has 0 radical (unpaired) electrons. The molecule has 16 heavy (non-hydrogen) atoms. The molecule has 0 saturated carbocycles. The first kappa shape index (κ1) is 11.0. The van der Waals surface area contributed by atoms with Gasteiger partial charge in [0, 0.05) is 25.2 Å². The summed E-state index contributed by atoms with van der Waals surface area (Å²) in [4.78, 5) is 13.7. The van der Waals surface area contributed by atoms with Crippen LogP contribution in [0, 0.1) is 0 Å². The lowest BCUT2D eigenvalue weighted by atomic mass is 9.98. The van der Waals surface area contributed by atoms with Crippen molar-refractivity contribution in [1.82, 2.24) is 4.90 Å². The fourth-order valence-corrected chi connectivity index (χ4v) is 2.19. The Morgan fingerprint density at radius 3 is 3.06 bits per heavy atom. The van der Waals surface area contributed by atoms with Crippen LogP contribution in [0.3, 0.4) is 0 Å². The molecular formula is C13H18N2O. The number of nitrogens with two attached hydrogens (primary N) is 1. The van der Waals surface area contributed by atoms with Gasteiger partial charge in [-0.15, -0.1) is 0 Å². The Bertz CT molecular complexity index is 401. The molecule has 1 amide bonds. The van der Waals surface area contributed by atoms with Gasteiger partial charge in [-0.1, -0.05) is 19.1 Å². The molecule has 86 valence electrons. The van der Waals surface area contributed by atoms with Crippen LogP contribution in [0.2, 0.25) is 0 Å². The van der Waals surface area contributed by atoms with Crippen LogP contribution in [0.25, 0.3) is 0 Å². The quantitative estimate of drug-likeness (QED) is 0.771. The van der Waals surface area contributed by atoms with Crippen molar-refractivity contribution in [1.29, 1.82) is 0 Å². The van der Waals surface area contributed by atoms with Gasteiger partial charge in [-0.05, 0) is 30.0 Å². The van der Waals surface area contributed by atoms with Crippen LogP contribution in [-0.4, -0.2) is 17.4 Å². The van der Waals surface area contributed by atoms with Gasteiger partial charge in [-0.25, -0.2) is 0 Å². The number of benzene rings is 1. The SMILES string of the molecule is CCCC(=O)N1CCc2cccc(N)c2C1. The Morgan fingerprint density at radius 1 is 1.50 bits per heavy atom. The van der Waals surface area contributed by atoms with E-state index in [9.17, 15) is 4.79 Å². The number of carbonyl (C=O) groups excluding carboxylic acids is 1. The topological polar surface area (TPSA) is 46.3 Å². The molecule has 0 saturated heterocycles. The summed E-state index contributed by atoms with van der Waals surface area (Å²) in [5.74, 6) is 0.247. The number of fused-ring (bicyclic) bond motifs is 1. The van der Waals surface area contributed by atoms with Gasteiger partial charge in [0.15, 0.2) is 0 Å². The lowest BCUT2D eigenvalue weighted by Crippen LogP contribution is -2.36. The van der Waals surface area contributed by atoms with Gasteiger partial charge in [-0.2, -0.15) is 0 Å². The lowest BCUT2D eigenvalue weighted by molar-refractivity contribution is -0.132. The van der Waals surface area contributed by atoms with E-state index in [4.69, 9.17) is 5.73 Å². The highest BCUT2D eigenvalue weighted by molar-refractivity contribution is 5.76. The molecule has 0 aromatic heterocycles. The zero-order chi connectivity index (χ0) is 11.5. The summed E-state index contributed by atoms with van der Waals surface area (Å²) in [6.07, 6.45) is 2.48. The van der Waals surface area contributed by atoms with Gasteiger partial charge in [0.1, 0.15) is 0 Å². The maximum atomic E-state index is 11.8. The molecule has 0 unspecified atom stereocenters. The number of carbonyl (C=O) groups is 1. The molecular weight excluding hydrogens is 200 g/mol. The van der Waals surface area contributed by atoms with E-state index in [0.717, 1.165) is 30.6 Å². The van der Waals surface area contributed by atoms with Crippen LogP contribution in [0.1, 0.15) is 30.9 Å². The summed E-state index contributed by atoms with van der Waals surface area (Å²) in [6.45, 7) is 3.54. The Labute approximate surface area is 96.2 Å². The smallest absolute Gasteiger partial charge is 0.222 e. The minimum atomic E-state index is 0.247. The average Bonchev–Trinajstić information content (AvgIpc) is 2.29. The zero-order valence-corrected chi connectivity index (χ0v) is 9.70. The highest BCUT2D eigenvalue weighted by atomic mass is 16.2. The first-order valence-corrected chi connectivity index (χ1v) is 5.86. The number of nitrogens with zero attached hydrogens (tertiary/aromatic N) is 1. The van der Waals surface area contributed by atoms with Gasteiger partial charge < -0.3 is 10.6 Å². The third kappa shape index (κ3) is 2.03. The molecule has 1 aromatic rings. The maximum absolute atomic E-state index is 11.8. The molecule has 1 heterocycles. The first-order chi connectivity index (χ1) is 7.72. The monoisotopic (exact) mass is 218 g/mol. The van der Waals surface area contributed by atoms with Crippen LogP contribution in [-0.2, 0) is 17.8 Å². The van der Waals surface area contributed by atoms with E-state index in [0.29, 0.717) is 13.0 Å². The van der Waals surface area contributed by atoms with Gasteiger partial charge in [0.25, 0.3) is 0 Å². The molecule has 1 aliphatic heterocycles. The number of rotatable bonds is 2. The Kier molecular flexibility index (Phi) is 3.13. The van der Waals surface area contributed by atoms with Crippen LogP contribution in [0.4, 0.5) is 5.69 Å². The molecule has 2 rings (SSSR count). The second kappa shape index (κ2) is 4.56. The Hall–Kier alpha value is -1.51. The molecule has 0 atom stereocenters. The molecule has 2 N–H and O–H groups in total. The van der Waals surface area contributed by atoms with E-state index in [-0.39, 0.29) is 5.91 Å². The summed E-state index contributed by atoms with van der Waals surface area (Å²) in [7, 11) is 0. The van der Waals surface area contributed by atoms with Crippen molar-refractivity contribution < 1.29 is 4.79 Å². The summed E-state index contributed by atoms with van der Waals surface area (Å²) in [5, 5.41) is 0. The lowest BCUT2D eigenvalue weighted by Gasteiger charge is -2.29. The standard InChI is InChI=1S/C13H18N2O/c1-2-4-13(16)15-8-7-10-5-3-6-12(14)11(10)9-15/h3,5-6H,2,4,7-9,14H2,1H3. The highest BCUT2D eigenvalue weighted by Crippen LogP contribution is 2.24. The fourth-order valence-electron chi connectivity index (χ4n) is 2.19. The summed E-state index contributed by atoms with van der Waals surface area (Å²) in [5.41, 5.74) is 9.18. The second-order valence-corrected chi connectivity index (χ2v) is 4.30. The minimum absolute atomic E-state index is 0.247. The predicted molar refractivity (Wildman–Crippen MR) is 64.9 cm³/mol. The number of hydrogen-bond donors (Lipinski definition) is 1. The molecule has 0 aliphatic carbocycles. The van der Waals surface area contributed by atoms with Gasteiger partial charge in [-0.3, -0.25) is 4.79 Å². The Morgan fingerprint density at radius 2 is 2.31 bits per heavy atom. The van der Waals surface area contributed by atoms with E-state index in [1.165, 1.54) is 5.56 Å². The third-order valence-electron chi connectivity index (χ3n) is 3.13. The van der Waals surface area contributed by atoms with Crippen molar-refractivity contribution in [3.63, 3.8) is 0 Å². The molecule has 0 spiro atoms. The predicted octanol–water partition coefficient (Wildman–Crippen LogP) is 1.95. The summed E-state index contributed by atoms with van der Waals surface area (Å²) >= 11 is 0. The van der Waals surface area contributed by atoms with Crippen molar-refractivity contribution in [3.05, 3.63) is 29.3 Å². The second-order valence-electron chi connectivity index (χ2n) is 4.30. The molecule has 0 fully saturated rings. The average molecular weight is 218 g/mol. The Balaban J connectivity index is 2.17. The summed E-state index contributed by atoms with van der Waals surface area (Å²) < 4.78 is 0. The van der Waals surface area contributed by atoms with Crippen molar-refractivity contribution in [2.75, 3.05) is 12.3 Å². The van der Waals surface area contributed by atoms with E-state index in [1.54, 1.807) is 0 Å². The van der Waals surface area contributed by atoms with E-state index in [1.807, 2.05) is 24.0 Å². The molecule has 3 nitrogen and oxygen atoms in total. The minimum Gasteiger partial charge on any atom is -0.398 e. The van der Waals surface area contributed by atoms with Crippen LogP contribution < -0.4 is 5.73 Å².